The molecule has 1 saturated carbocycles. The molecule has 1 aliphatic carbocycles. The van der Waals surface area contributed by atoms with E-state index < -0.39 is 28.9 Å². The number of carbonyl (C=O) groups is 4. The van der Waals surface area contributed by atoms with Crippen molar-refractivity contribution in [1.29, 1.82) is 5.26 Å². The van der Waals surface area contributed by atoms with Crippen molar-refractivity contribution >= 4 is 63.7 Å². The second-order valence-corrected chi connectivity index (χ2v) is 15.7. The van der Waals surface area contributed by atoms with Gasteiger partial charge in [-0.3, -0.25) is 39.2 Å². The van der Waals surface area contributed by atoms with E-state index >= 15 is 0 Å². The summed E-state index contributed by atoms with van der Waals surface area (Å²) in [6, 6.07) is 17.1. The van der Waals surface area contributed by atoms with Gasteiger partial charge in [0, 0.05) is 55.7 Å². The van der Waals surface area contributed by atoms with Gasteiger partial charge in [-0.2, -0.15) is 18.4 Å². The number of thiocarbonyl (C=S) groups is 1. The van der Waals surface area contributed by atoms with Crippen molar-refractivity contribution in [3.8, 4) is 11.8 Å². The summed E-state index contributed by atoms with van der Waals surface area (Å²) in [4.78, 5) is 58.0. The second-order valence-electron chi connectivity index (χ2n) is 15.4. The maximum absolute atomic E-state index is 14.0. The van der Waals surface area contributed by atoms with Gasteiger partial charge < -0.3 is 20.3 Å². The molecule has 3 heterocycles. The molecule has 1 spiro atoms. The van der Waals surface area contributed by atoms with Crippen molar-refractivity contribution < 1.29 is 37.1 Å². The number of piperazine rings is 1. The van der Waals surface area contributed by atoms with Gasteiger partial charge in [-0.05, 0) is 111 Å². The zero-order chi connectivity index (χ0) is 42.1. The van der Waals surface area contributed by atoms with Crippen molar-refractivity contribution in [2.24, 2.45) is 0 Å². The van der Waals surface area contributed by atoms with Crippen LogP contribution < -0.4 is 30.5 Å². The zero-order valence-electron chi connectivity index (χ0n) is 32.7. The number of aryl methyl sites for hydroxylation is 1. The Morgan fingerprint density at radius 2 is 1.81 bits per heavy atom. The summed E-state index contributed by atoms with van der Waals surface area (Å²) in [5.74, 6) is -0.494. The Hall–Kier alpha value is -5.57. The molecule has 3 aliphatic heterocycles. The predicted octanol–water partition coefficient (Wildman–Crippen LogP) is 5.44. The van der Waals surface area contributed by atoms with E-state index in [1.165, 1.54) is 11.0 Å². The van der Waals surface area contributed by atoms with Crippen LogP contribution in [0.4, 0.5) is 35.9 Å². The molecule has 3 aromatic rings. The first-order valence-electron chi connectivity index (χ1n) is 19.7. The number of anilines is 4. The Morgan fingerprint density at radius 3 is 2.49 bits per heavy atom. The fourth-order valence-electron chi connectivity index (χ4n) is 8.23. The van der Waals surface area contributed by atoms with E-state index in [2.05, 4.69) is 32.7 Å². The third kappa shape index (κ3) is 8.61. The number of nitriles is 1. The fourth-order valence-corrected chi connectivity index (χ4v) is 8.70. The van der Waals surface area contributed by atoms with Crippen LogP contribution in [0.15, 0.2) is 60.7 Å². The molecule has 0 aromatic heterocycles. The standard InChI is InChI=1S/C42H45F3N8O5S/c1-3-27-20-32(53-40(59)52(39(57)41(53)14-5-15-41)31-9-8-28(23-46)33(22-31)42(43,44)45)10-12-35(27)58-19-18-50-16-17-51(26(2)24-50)25-37(55)48-30-7-4-6-29(21-30)47-34-11-13-36(54)49-38(34)56/h4,6-10,12,20-22,26,34,47H,3,5,11,13-19,24-25H2,1-2H3,(H,48,55)(H,49,54,56). The van der Waals surface area contributed by atoms with E-state index in [0.717, 1.165) is 37.2 Å². The second kappa shape index (κ2) is 17.0. The first kappa shape index (κ1) is 41.6. The minimum Gasteiger partial charge on any atom is -0.492 e. The SMILES string of the molecule is CCc1cc(N2C(=S)N(c3ccc(C#N)c(C(F)(F)F)c3)C(=O)C23CCC3)ccc1OCCN1CCN(CC(=O)Nc2cccc(NC3CCC(=O)NC3=O)c2)C(C)C1. The quantitative estimate of drug-likeness (QED) is 0.158. The summed E-state index contributed by atoms with van der Waals surface area (Å²) in [5.41, 5.74) is 0.135. The molecule has 4 amide bonds. The molecule has 3 aromatic carbocycles. The molecular weight excluding hydrogens is 786 g/mol. The largest absolute Gasteiger partial charge is 0.492 e. The van der Waals surface area contributed by atoms with Gasteiger partial charge in [0.15, 0.2) is 5.11 Å². The van der Waals surface area contributed by atoms with Crippen molar-refractivity contribution in [3.05, 3.63) is 77.4 Å². The lowest BCUT2D eigenvalue weighted by molar-refractivity contribution is -0.138. The van der Waals surface area contributed by atoms with Gasteiger partial charge in [0.25, 0.3) is 5.91 Å². The summed E-state index contributed by atoms with van der Waals surface area (Å²) in [6.45, 7) is 7.55. The fraction of sp³-hybridized carbons (Fsp3) is 0.429. The van der Waals surface area contributed by atoms with Crippen LogP contribution in [0, 0.1) is 11.3 Å². The molecule has 7 rings (SSSR count). The van der Waals surface area contributed by atoms with Crippen LogP contribution in [0.3, 0.4) is 0 Å². The average molecular weight is 831 g/mol. The molecule has 17 heteroatoms. The lowest BCUT2D eigenvalue weighted by Crippen LogP contribution is -2.55. The van der Waals surface area contributed by atoms with Gasteiger partial charge >= 0.3 is 6.18 Å². The highest BCUT2D eigenvalue weighted by Crippen LogP contribution is 2.49. The first-order valence-corrected chi connectivity index (χ1v) is 20.1. The number of piperidine rings is 1. The molecule has 3 N–H and O–H groups in total. The molecule has 3 saturated heterocycles. The third-order valence-corrected chi connectivity index (χ3v) is 11.9. The smallest absolute Gasteiger partial charge is 0.417 e. The lowest BCUT2D eigenvalue weighted by atomic mass is 9.75. The number of halogens is 3. The third-order valence-electron chi connectivity index (χ3n) is 11.6. The van der Waals surface area contributed by atoms with E-state index in [-0.39, 0.29) is 53.4 Å². The highest BCUT2D eigenvalue weighted by Gasteiger charge is 2.59. The Kier molecular flexibility index (Phi) is 12.0. The minimum atomic E-state index is -4.78. The number of hydrogen-bond donors (Lipinski definition) is 3. The molecule has 4 fully saturated rings. The molecule has 4 aliphatic rings. The van der Waals surface area contributed by atoms with Crippen molar-refractivity contribution in [3.63, 3.8) is 0 Å². The average Bonchev–Trinajstić information content (AvgIpc) is 3.42. The van der Waals surface area contributed by atoms with Crippen LogP contribution in [0.5, 0.6) is 5.75 Å². The maximum atomic E-state index is 14.0. The monoisotopic (exact) mass is 830 g/mol. The number of nitrogens with zero attached hydrogens (tertiary/aromatic N) is 5. The van der Waals surface area contributed by atoms with E-state index in [1.807, 2.05) is 25.1 Å². The summed E-state index contributed by atoms with van der Waals surface area (Å²) in [5, 5.41) is 17.8. The minimum absolute atomic E-state index is 0.0296. The number of ether oxygens (including phenoxy) is 1. The normalized spacial score (nSPS) is 20.9. The number of hydrogen-bond acceptors (Lipinski definition) is 10. The predicted molar refractivity (Wildman–Crippen MR) is 219 cm³/mol. The molecule has 59 heavy (non-hydrogen) atoms. The Labute approximate surface area is 345 Å². The zero-order valence-corrected chi connectivity index (χ0v) is 33.5. The topological polar surface area (TPSA) is 150 Å². The van der Waals surface area contributed by atoms with E-state index in [4.69, 9.17) is 17.0 Å². The highest BCUT2D eigenvalue weighted by atomic mass is 32.1. The van der Waals surface area contributed by atoms with Gasteiger partial charge in [0.1, 0.15) is 23.9 Å². The summed E-state index contributed by atoms with van der Waals surface area (Å²) in [6.07, 6.45) is -1.73. The number of rotatable bonds is 12. The van der Waals surface area contributed by atoms with Gasteiger partial charge in [-0.15, -0.1) is 0 Å². The molecule has 0 bridgehead atoms. The molecular formula is C42H45F3N8O5S. The van der Waals surface area contributed by atoms with Crippen LogP contribution in [-0.4, -0.2) is 95.5 Å². The van der Waals surface area contributed by atoms with Crippen molar-refractivity contribution in [2.45, 2.75) is 76.2 Å². The van der Waals surface area contributed by atoms with E-state index in [9.17, 15) is 37.6 Å². The molecule has 0 radical (unpaired) electrons. The summed E-state index contributed by atoms with van der Waals surface area (Å²) >= 11 is 5.81. The summed E-state index contributed by atoms with van der Waals surface area (Å²) in [7, 11) is 0. The van der Waals surface area contributed by atoms with Crippen LogP contribution in [-0.2, 0) is 31.8 Å². The van der Waals surface area contributed by atoms with Gasteiger partial charge in [-0.1, -0.05) is 13.0 Å². The van der Waals surface area contributed by atoms with Crippen LogP contribution >= 0.6 is 12.2 Å². The molecule has 2 atom stereocenters. The van der Waals surface area contributed by atoms with E-state index in [1.54, 1.807) is 35.2 Å². The number of carbonyl (C=O) groups excluding carboxylic acids is 4. The van der Waals surface area contributed by atoms with Gasteiger partial charge in [0.2, 0.25) is 17.7 Å². The van der Waals surface area contributed by atoms with Crippen LogP contribution in [0.1, 0.15) is 62.6 Å². The van der Waals surface area contributed by atoms with Crippen molar-refractivity contribution in [2.75, 3.05) is 59.8 Å². The Balaban J connectivity index is 0.925. The maximum Gasteiger partial charge on any atom is 0.417 e. The van der Waals surface area contributed by atoms with Crippen LogP contribution in [0.25, 0.3) is 0 Å². The number of nitrogens with one attached hydrogen (secondary N) is 3. The Morgan fingerprint density at radius 1 is 1.05 bits per heavy atom. The van der Waals surface area contributed by atoms with Gasteiger partial charge in [-0.25, -0.2) is 0 Å². The number of alkyl halides is 3. The van der Waals surface area contributed by atoms with Crippen molar-refractivity contribution in [1.82, 2.24) is 15.1 Å². The first-order chi connectivity index (χ1) is 28.2. The highest BCUT2D eigenvalue weighted by molar-refractivity contribution is 7.81. The molecule has 2 unspecified atom stereocenters. The van der Waals surface area contributed by atoms with Crippen LogP contribution in [0.2, 0.25) is 0 Å². The number of imide groups is 1. The molecule has 310 valence electrons. The number of benzene rings is 3. The Bertz CT molecular complexity index is 2210. The lowest BCUT2D eigenvalue weighted by Gasteiger charge is -2.43. The van der Waals surface area contributed by atoms with Gasteiger partial charge in [0.05, 0.1) is 29.4 Å². The van der Waals surface area contributed by atoms with E-state index in [0.29, 0.717) is 68.2 Å². The number of amides is 4. The molecule has 13 nitrogen and oxygen atoms in total. The summed E-state index contributed by atoms with van der Waals surface area (Å²) < 4.78 is 47.8.